The van der Waals surface area contributed by atoms with Crippen LogP contribution in [0.5, 0.6) is 0 Å². The van der Waals surface area contributed by atoms with E-state index in [1.165, 1.54) is 9.71 Å². The second-order valence-corrected chi connectivity index (χ2v) is 9.24. The number of nitrogens with zero attached hydrogens (tertiary/aromatic N) is 2. The SMILES string of the molecule is CC1(C)OB(c2ccc3sc(CCN4CCOCC4)nc3c2)OC1(C)C. The lowest BCUT2D eigenvalue weighted by molar-refractivity contribution is 0.00578. The van der Waals surface area contributed by atoms with E-state index < -0.39 is 0 Å². The molecule has 4 rings (SSSR count). The number of morpholine rings is 1. The van der Waals surface area contributed by atoms with Gasteiger partial charge in [-0.05, 0) is 45.3 Å². The Bertz CT molecular complexity index is 770. The summed E-state index contributed by atoms with van der Waals surface area (Å²) in [5.41, 5.74) is 1.44. The van der Waals surface area contributed by atoms with E-state index in [1.807, 2.05) is 0 Å². The molecule has 2 aliphatic heterocycles. The second kappa shape index (κ2) is 6.87. The smallest absolute Gasteiger partial charge is 0.399 e. The van der Waals surface area contributed by atoms with Crippen molar-refractivity contribution in [3.05, 3.63) is 23.2 Å². The third-order valence-electron chi connectivity index (χ3n) is 5.73. The molecule has 7 heteroatoms. The summed E-state index contributed by atoms with van der Waals surface area (Å²) in [4.78, 5) is 7.30. The van der Waals surface area contributed by atoms with Gasteiger partial charge in [0.2, 0.25) is 0 Å². The molecule has 1 aromatic carbocycles. The molecule has 0 spiro atoms. The molecule has 0 aliphatic carbocycles. The van der Waals surface area contributed by atoms with Gasteiger partial charge in [0.1, 0.15) is 0 Å². The highest BCUT2D eigenvalue weighted by Crippen LogP contribution is 2.36. The van der Waals surface area contributed by atoms with Crippen LogP contribution in [0.1, 0.15) is 32.7 Å². The van der Waals surface area contributed by atoms with Gasteiger partial charge < -0.3 is 14.0 Å². The summed E-state index contributed by atoms with van der Waals surface area (Å²) >= 11 is 1.79. The number of thiazole rings is 1. The molecule has 140 valence electrons. The Hall–Kier alpha value is -0.985. The van der Waals surface area contributed by atoms with E-state index in [-0.39, 0.29) is 18.3 Å². The number of aromatic nitrogens is 1. The molecule has 0 unspecified atom stereocenters. The fraction of sp³-hybridized carbons (Fsp3) is 0.632. The topological polar surface area (TPSA) is 43.8 Å². The Balaban J connectivity index is 1.47. The quantitative estimate of drug-likeness (QED) is 0.770. The van der Waals surface area contributed by atoms with Crippen LogP contribution in [0.25, 0.3) is 10.2 Å². The zero-order chi connectivity index (χ0) is 18.4. The summed E-state index contributed by atoms with van der Waals surface area (Å²) in [6, 6.07) is 6.37. The predicted octanol–water partition coefficient (Wildman–Crippen LogP) is 2.47. The third kappa shape index (κ3) is 3.55. The summed E-state index contributed by atoms with van der Waals surface area (Å²) in [5, 5.41) is 1.19. The van der Waals surface area contributed by atoms with Crippen molar-refractivity contribution in [3.8, 4) is 0 Å². The predicted molar refractivity (Wildman–Crippen MR) is 106 cm³/mol. The Labute approximate surface area is 159 Å². The van der Waals surface area contributed by atoms with Crippen molar-refractivity contribution in [2.45, 2.75) is 45.3 Å². The van der Waals surface area contributed by atoms with Crippen LogP contribution in [0.2, 0.25) is 0 Å². The molecule has 2 fully saturated rings. The van der Waals surface area contributed by atoms with Gasteiger partial charge in [-0.2, -0.15) is 0 Å². The molecule has 0 N–H and O–H groups in total. The van der Waals surface area contributed by atoms with Gasteiger partial charge in [0.25, 0.3) is 0 Å². The van der Waals surface area contributed by atoms with Crippen molar-refractivity contribution in [2.75, 3.05) is 32.8 Å². The number of benzene rings is 1. The van der Waals surface area contributed by atoms with Crippen molar-refractivity contribution < 1.29 is 14.0 Å². The maximum Gasteiger partial charge on any atom is 0.494 e. The van der Waals surface area contributed by atoms with Crippen LogP contribution in [0.4, 0.5) is 0 Å². The summed E-state index contributed by atoms with van der Waals surface area (Å²) in [5.74, 6) is 0. The Morgan fingerprint density at radius 1 is 1.12 bits per heavy atom. The van der Waals surface area contributed by atoms with Gasteiger partial charge in [-0.1, -0.05) is 6.07 Å². The van der Waals surface area contributed by atoms with Crippen LogP contribution in [-0.4, -0.2) is 61.1 Å². The first-order valence-electron chi connectivity index (χ1n) is 9.39. The number of ether oxygens (including phenoxy) is 1. The molecule has 2 saturated heterocycles. The monoisotopic (exact) mass is 374 g/mol. The second-order valence-electron chi connectivity index (χ2n) is 8.13. The van der Waals surface area contributed by atoms with Crippen LogP contribution < -0.4 is 5.46 Å². The number of fused-ring (bicyclic) bond motifs is 1. The maximum absolute atomic E-state index is 6.17. The highest BCUT2D eigenvalue weighted by Gasteiger charge is 2.51. The van der Waals surface area contributed by atoms with E-state index in [0.717, 1.165) is 50.2 Å². The van der Waals surface area contributed by atoms with Gasteiger partial charge in [0.15, 0.2) is 0 Å². The van der Waals surface area contributed by atoms with Crippen LogP contribution >= 0.6 is 11.3 Å². The van der Waals surface area contributed by atoms with Crippen molar-refractivity contribution >= 4 is 34.1 Å². The number of hydrogen-bond donors (Lipinski definition) is 0. The normalized spacial score (nSPS) is 23.0. The lowest BCUT2D eigenvalue weighted by Crippen LogP contribution is -2.41. The molecular weight excluding hydrogens is 347 g/mol. The summed E-state index contributed by atoms with van der Waals surface area (Å²) in [7, 11) is -0.331. The van der Waals surface area contributed by atoms with E-state index in [9.17, 15) is 0 Å². The highest BCUT2D eigenvalue weighted by atomic mass is 32.1. The molecule has 0 saturated carbocycles. The summed E-state index contributed by atoms with van der Waals surface area (Å²) in [6.07, 6.45) is 0.991. The summed E-state index contributed by atoms with van der Waals surface area (Å²) < 4.78 is 19.0. The molecule has 2 aromatic rings. The standard InChI is InChI=1S/C19H27BN2O3S/c1-18(2)19(3,4)25-20(24-18)14-5-6-16-15(13-14)21-17(26-16)7-8-22-9-11-23-12-10-22/h5-6,13H,7-12H2,1-4H3. The lowest BCUT2D eigenvalue weighted by Gasteiger charge is -2.32. The van der Waals surface area contributed by atoms with Gasteiger partial charge in [0, 0.05) is 26.1 Å². The van der Waals surface area contributed by atoms with Gasteiger partial charge >= 0.3 is 7.12 Å². The molecule has 5 nitrogen and oxygen atoms in total. The molecule has 0 bridgehead atoms. The molecule has 0 amide bonds. The zero-order valence-corrected chi connectivity index (χ0v) is 16.9. The van der Waals surface area contributed by atoms with Crippen molar-refractivity contribution in [2.24, 2.45) is 0 Å². The first-order valence-corrected chi connectivity index (χ1v) is 10.2. The van der Waals surface area contributed by atoms with E-state index in [0.29, 0.717) is 0 Å². The van der Waals surface area contributed by atoms with Crippen molar-refractivity contribution in [1.29, 1.82) is 0 Å². The van der Waals surface area contributed by atoms with Crippen LogP contribution in [0.3, 0.4) is 0 Å². The first-order chi connectivity index (χ1) is 12.3. The highest BCUT2D eigenvalue weighted by molar-refractivity contribution is 7.18. The van der Waals surface area contributed by atoms with Gasteiger partial charge in [-0.15, -0.1) is 11.3 Å². The first kappa shape index (κ1) is 18.4. The minimum absolute atomic E-state index is 0.321. The molecule has 1 aromatic heterocycles. The minimum atomic E-state index is -0.331. The van der Waals surface area contributed by atoms with Gasteiger partial charge in [-0.3, -0.25) is 4.90 Å². The lowest BCUT2D eigenvalue weighted by atomic mass is 9.79. The van der Waals surface area contributed by atoms with Crippen LogP contribution in [0, 0.1) is 0 Å². The number of rotatable bonds is 4. The van der Waals surface area contributed by atoms with Crippen molar-refractivity contribution in [3.63, 3.8) is 0 Å². The summed E-state index contributed by atoms with van der Waals surface area (Å²) in [6.45, 7) is 13.1. The van der Waals surface area contributed by atoms with Gasteiger partial charge in [0.05, 0.1) is 39.6 Å². The van der Waals surface area contributed by atoms with Crippen LogP contribution in [-0.2, 0) is 20.5 Å². The van der Waals surface area contributed by atoms with Crippen molar-refractivity contribution in [1.82, 2.24) is 9.88 Å². The maximum atomic E-state index is 6.17. The Morgan fingerprint density at radius 3 is 2.50 bits per heavy atom. The van der Waals surface area contributed by atoms with E-state index in [4.69, 9.17) is 19.0 Å². The Morgan fingerprint density at radius 2 is 1.81 bits per heavy atom. The fourth-order valence-electron chi connectivity index (χ4n) is 3.30. The zero-order valence-electron chi connectivity index (χ0n) is 16.1. The Kier molecular flexibility index (Phi) is 4.86. The largest absolute Gasteiger partial charge is 0.494 e. The molecule has 0 atom stereocenters. The molecule has 3 heterocycles. The van der Waals surface area contributed by atoms with Gasteiger partial charge in [-0.25, -0.2) is 4.98 Å². The average Bonchev–Trinajstić information content (AvgIpc) is 3.10. The molecule has 26 heavy (non-hydrogen) atoms. The molecule has 2 aliphatic rings. The molecule has 0 radical (unpaired) electrons. The van der Waals surface area contributed by atoms with E-state index in [1.54, 1.807) is 11.3 Å². The molecular formula is C19H27BN2O3S. The van der Waals surface area contributed by atoms with E-state index in [2.05, 4.69) is 50.8 Å². The fourth-order valence-corrected chi connectivity index (χ4v) is 4.24. The van der Waals surface area contributed by atoms with E-state index >= 15 is 0 Å². The average molecular weight is 374 g/mol. The minimum Gasteiger partial charge on any atom is -0.399 e. The number of hydrogen-bond acceptors (Lipinski definition) is 6. The third-order valence-corrected chi connectivity index (χ3v) is 6.82. The van der Waals surface area contributed by atoms with Crippen LogP contribution in [0.15, 0.2) is 18.2 Å².